The van der Waals surface area contributed by atoms with Crippen LogP contribution < -0.4 is 9.80 Å². The minimum absolute atomic E-state index is 0.0231. The maximum Gasteiger partial charge on any atom is 0.355 e. The van der Waals surface area contributed by atoms with Crippen molar-refractivity contribution in [3.05, 3.63) is 34.5 Å². The molecule has 0 bridgehead atoms. The van der Waals surface area contributed by atoms with Gasteiger partial charge in [0.05, 0.1) is 37.1 Å². The standard InChI is InChI=1S/C20H25ClN2O5/c1-13-6-4-5-9-22(13)17-8-7-14(10-16(17)21)23-12-28-11-15(19(24)26-2)18(23)20(25)27-3/h7-8,10,13H,4-6,9,11-12H2,1-3H3. The molecular weight excluding hydrogens is 384 g/mol. The van der Waals surface area contributed by atoms with E-state index >= 15 is 0 Å². The van der Waals surface area contributed by atoms with Crippen molar-refractivity contribution < 1.29 is 23.8 Å². The zero-order chi connectivity index (χ0) is 20.3. The van der Waals surface area contributed by atoms with E-state index in [0.717, 1.165) is 25.1 Å². The average Bonchev–Trinajstić information content (AvgIpc) is 2.72. The molecule has 28 heavy (non-hydrogen) atoms. The van der Waals surface area contributed by atoms with E-state index in [9.17, 15) is 9.59 Å². The summed E-state index contributed by atoms with van der Waals surface area (Å²) < 4.78 is 15.2. The summed E-state index contributed by atoms with van der Waals surface area (Å²) in [6.45, 7) is 3.24. The zero-order valence-electron chi connectivity index (χ0n) is 16.4. The highest BCUT2D eigenvalue weighted by Gasteiger charge is 2.33. The van der Waals surface area contributed by atoms with Gasteiger partial charge in [-0.15, -0.1) is 0 Å². The van der Waals surface area contributed by atoms with Crippen molar-refractivity contribution in [1.29, 1.82) is 0 Å². The number of halogens is 1. The second kappa shape index (κ2) is 8.84. The molecule has 0 N–H and O–H groups in total. The van der Waals surface area contributed by atoms with Crippen molar-refractivity contribution in [2.45, 2.75) is 32.2 Å². The third-order valence-corrected chi connectivity index (χ3v) is 5.49. The molecule has 2 aliphatic rings. The Morgan fingerprint density at radius 3 is 2.57 bits per heavy atom. The van der Waals surface area contributed by atoms with Crippen LogP contribution in [0.5, 0.6) is 0 Å². The Morgan fingerprint density at radius 1 is 1.18 bits per heavy atom. The second-order valence-corrected chi connectivity index (χ2v) is 7.30. The Morgan fingerprint density at radius 2 is 1.93 bits per heavy atom. The van der Waals surface area contributed by atoms with Crippen LogP contribution >= 0.6 is 11.6 Å². The lowest BCUT2D eigenvalue weighted by molar-refractivity contribution is -0.140. The third-order valence-electron chi connectivity index (χ3n) is 5.19. The van der Waals surface area contributed by atoms with Crippen LogP contribution in [0.25, 0.3) is 0 Å². The van der Waals surface area contributed by atoms with Gasteiger partial charge in [-0.05, 0) is 44.4 Å². The number of hydrogen-bond donors (Lipinski definition) is 0. The SMILES string of the molecule is COC(=O)C1=C(C(=O)OC)N(c2ccc(N3CCCCC3C)c(Cl)c2)COC1. The topological polar surface area (TPSA) is 68.3 Å². The smallest absolute Gasteiger partial charge is 0.355 e. The molecule has 8 heteroatoms. The summed E-state index contributed by atoms with van der Waals surface area (Å²) in [7, 11) is 2.53. The summed E-state index contributed by atoms with van der Waals surface area (Å²) in [6.07, 6.45) is 3.50. The van der Waals surface area contributed by atoms with Gasteiger partial charge in [0.25, 0.3) is 0 Å². The highest BCUT2D eigenvalue weighted by atomic mass is 35.5. The van der Waals surface area contributed by atoms with E-state index in [1.165, 1.54) is 20.6 Å². The quantitative estimate of drug-likeness (QED) is 0.709. The number of piperidine rings is 1. The molecule has 0 amide bonds. The summed E-state index contributed by atoms with van der Waals surface area (Å²) >= 11 is 6.60. The molecule has 1 atom stereocenters. The van der Waals surface area contributed by atoms with Crippen molar-refractivity contribution >= 4 is 34.9 Å². The minimum atomic E-state index is -0.631. The van der Waals surface area contributed by atoms with E-state index in [0.29, 0.717) is 16.8 Å². The molecule has 1 aromatic rings. The first kappa shape index (κ1) is 20.5. The Balaban J connectivity index is 1.98. The van der Waals surface area contributed by atoms with Crippen LogP contribution in [0.3, 0.4) is 0 Å². The lowest BCUT2D eigenvalue weighted by Crippen LogP contribution is -2.39. The van der Waals surface area contributed by atoms with Gasteiger partial charge in [-0.25, -0.2) is 9.59 Å². The minimum Gasteiger partial charge on any atom is -0.466 e. The molecule has 7 nitrogen and oxygen atoms in total. The van der Waals surface area contributed by atoms with Gasteiger partial charge in [0, 0.05) is 18.3 Å². The Labute approximate surface area is 169 Å². The van der Waals surface area contributed by atoms with Crippen LogP contribution in [-0.4, -0.2) is 52.1 Å². The molecule has 0 saturated carbocycles. The molecule has 152 valence electrons. The number of carbonyl (C=O) groups is 2. The monoisotopic (exact) mass is 408 g/mol. The predicted molar refractivity (Wildman–Crippen MR) is 106 cm³/mol. The van der Waals surface area contributed by atoms with E-state index in [1.54, 1.807) is 11.0 Å². The van der Waals surface area contributed by atoms with E-state index in [1.807, 2.05) is 12.1 Å². The molecule has 0 aromatic heterocycles. The van der Waals surface area contributed by atoms with Crippen molar-refractivity contribution in [3.8, 4) is 0 Å². The predicted octanol–water partition coefficient (Wildman–Crippen LogP) is 3.11. The summed E-state index contributed by atoms with van der Waals surface area (Å²) in [5.41, 5.74) is 1.83. The molecule has 1 saturated heterocycles. The maximum absolute atomic E-state index is 12.4. The average molecular weight is 409 g/mol. The van der Waals surface area contributed by atoms with Gasteiger partial charge in [-0.3, -0.25) is 0 Å². The molecule has 0 radical (unpaired) electrons. The van der Waals surface area contributed by atoms with Crippen LogP contribution in [0.4, 0.5) is 11.4 Å². The largest absolute Gasteiger partial charge is 0.466 e. The number of ether oxygens (including phenoxy) is 3. The number of rotatable bonds is 4. The molecule has 0 aliphatic carbocycles. The lowest BCUT2D eigenvalue weighted by atomic mass is 10.0. The van der Waals surface area contributed by atoms with Crippen LogP contribution in [0.15, 0.2) is 29.5 Å². The summed E-state index contributed by atoms with van der Waals surface area (Å²) in [6, 6.07) is 6.02. The van der Waals surface area contributed by atoms with Crippen molar-refractivity contribution in [2.24, 2.45) is 0 Å². The first-order valence-electron chi connectivity index (χ1n) is 9.29. The van der Waals surface area contributed by atoms with Crippen molar-refractivity contribution in [2.75, 3.05) is 43.9 Å². The number of benzene rings is 1. The van der Waals surface area contributed by atoms with Crippen molar-refractivity contribution in [1.82, 2.24) is 0 Å². The summed E-state index contributed by atoms with van der Waals surface area (Å²) in [4.78, 5) is 28.4. The zero-order valence-corrected chi connectivity index (χ0v) is 17.1. The van der Waals surface area contributed by atoms with E-state index in [4.69, 9.17) is 25.8 Å². The summed E-state index contributed by atoms with van der Waals surface area (Å²) in [5, 5.41) is 0.584. The normalized spacial score (nSPS) is 20.2. The van der Waals surface area contributed by atoms with Crippen molar-refractivity contribution in [3.63, 3.8) is 0 Å². The molecule has 2 aliphatic heterocycles. The van der Waals surface area contributed by atoms with Gasteiger partial charge in [0.1, 0.15) is 12.4 Å². The highest BCUT2D eigenvalue weighted by Crippen LogP contribution is 2.36. The molecule has 2 heterocycles. The number of esters is 2. The molecule has 0 spiro atoms. The second-order valence-electron chi connectivity index (χ2n) is 6.89. The van der Waals surface area contributed by atoms with Gasteiger partial charge in [-0.1, -0.05) is 11.6 Å². The first-order valence-corrected chi connectivity index (χ1v) is 9.67. The van der Waals surface area contributed by atoms with E-state index < -0.39 is 11.9 Å². The number of hydrogen-bond acceptors (Lipinski definition) is 7. The lowest BCUT2D eigenvalue weighted by Gasteiger charge is -2.36. The third kappa shape index (κ3) is 3.95. The Hall–Kier alpha value is -2.25. The van der Waals surface area contributed by atoms with E-state index in [2.05, 4.69) is 11.8 Å². The number of nitrogens with zero attached hydrogens (tertiary/aromatic N) is 2. The number of methoxy groups -OCH3 is 2. The first-order chi connectivity index (χ1) is 13.5. The fourth-order valence-corrected chi connectivity index (χ4v) is 3.98. The highest BCUT2D eigenvalue weighted by molar-refractivity contribution is 6.33. The van der Waals surface area contributed by atoms with Crippen LogP contribution in [0.2, 0.25) is 5.02 Å². The van der Waals surface area contributed by atoms with E-state index in [-0.39, 0.29) is 24.6 Å². The molecule has 1 unspecified atom stereocenters. The number of carbonyl (C=O) groups excluding carboxylic acids is 2. The maximum atomic E-state index is 12.4. The van der Waals surface area contributed by atoms with Gasteiger partial charge in [0.15, 0.2) is 0 Å². The Bertz CT molecular complexity index is 795. The fraction of sp³-hybridized carbons (Fsp3) is 0.500. The van der Waals surface area contributed by atoms with Gasteiger partial charge >= 0.3 is 11.9 Å². The molecule has 3 rings (SSSR count). The summed E-state index contributed by atoms with van der Waals surface area (Å²) in [5.74, 6) is -1.26. The Kier molecular flexibility index (Phi) is 6.46. The molecular formula is C20H25ClN2O5. The molecule has 1 aromatic carbocycles. The van der Waals surface area contributed by atoms with Crippen LogP contribution in [-0.2, 0) is 23.8 Å². The van der Waals surface area contributed by atoms with Crippen LogP contribution in [0.1, 0.15) is 26.2 Å². The molecule has 1 fully saturated rings. The fourth-order valence-electron chi connectivity index (χ4n) is 3.70. The van der Waals surface area contributed by atoms with Crippen LogP contribution in [0, 0.1) is 0 Å². The van der Waals surface area contributed by atoms with Gasteiger partial charge in [0.2, 0.25) is 0 Å². The van der Waals surface area contributed by atoms with Gasteiger partial charge in [-0.2, -0.15) is 0 Å². The van der Waals surface area contributed by atoms with Gasteiger partial charge < -0.3 is 24.0 Å². The number of anilines is 2.